The second-order valence-electron chi connectivity index (χ2n) is 7.78. The lowest BCUT2D eigenvalue weighted by Crippen LogP contribution is -2.15. The van der Waals surface area contributed by atoms with Crippen molar-refractivity contribution in [2.45, 2.75) is 4.90 Å². The van der Waals surface area contributed by atoms with Crippen LogP contribution in [0.4, 0.5) is 26.0 Å². The Morgan fingerprint density at radius 3 is 2.54 bits per heavy atom. The Balaban J connectivity index is 1.53. The topological polar surface area (TPSA) is 115 Å². The van der Waals surface area contributed by atoms with Crippen LogP contribution in [-0.4, -0.2) is 32.9 Å². The van der Waals surface area contributed by atoms with Crippen LogP contribution in [0.2, 0.25) is 10.0 Å². The van der Waals surface area contributed by atoms with Crippen molar-refractivity contribution in [3.05, 3.63) is 83.0 Å². The van der Waals surface area contributed by atoms with Crippen molar-refractivity contribution in [1.82, 2.24) is 24.5 Å². The molecule has 0 fully saturated rings. The molecule has 0 spiro atoms. The Kier molecular flexibility index (Phi) is 6.40. The van der Waals surface area contributed by atoms with Crippen LogP contribution in [-0.2, 0) is 17.1 Å². The summed E-state index contributed by atoms with van der Waals surface area (Å²) in [5.41, 5.74) is 0.522. The number of pyridine rings is 1. The first-order chi connectivity index (χ1) is 17.6. The third-order valence-electron chi connectivity index (χ3n) is 5.23. The van der Waals surface area contributed by atoms with Crippen molar-refractivity contribution in [1.29, 1.82) is 0 Å². The zero-order valence-corrected chi connectivity index (χ0v) is 21.1. The molecule has 14 heteroatoms. The lowest BCUT2D eigenvalue weighted by atomic mass is 10.2. The zero-order valence-electron chi connectivity index (χ0n) is 18.7. The van der Waals surface area contributed by atoms with Crippen LogP contribution in [0.1, 0.15) is 0 Å². The predicted octanol–water partition coefficient (Wildman–Crippen LogP) is 5.55. The SMILES string of the molecule is Cn1cnc(-c2ccc3ncnc(Nc4c(F)ccc(NS(=O)(=O)c5cccc(Cl)c5Cl)c4F)c3n2)c1. The molecule has 37 heavy (non-hydrogen) atoms. The Morgan fingerprint density at radius 2 is 1.78 bits per heavy atom. The number of anilines is 3. The quantitative estimate of drug-likeness (QED) is 0.279. The molecule has 0 saturated heterocycles. The fraction of sp³-hybridized carbons (Fsp3) is 0.0435. The lowest BCUT2D eigenvalue weighted by molar-refractivity contribution is 0.588. The summed E-state index contributed by atoms with van der Waals surface area (Å²) >= 11 is 11.9. The third kappa shape index (κ3) is 4.78. The number of nitrogens with zero attached hydrogens (tertiary/aromatic N) is 5. The van der Waals surface area contributed by atoms with Gasteiger partial charge >= 0.3 is 0 Å². The smallest absolute Gasteiger partial charge is 0.263 e. The van der Waals surface area contributed by atoms with Crippen molar-refractivity contribution in [2.75, 3.05) is 10.0 Å². The minimum absolute atomic E-state index is 0.000290. The van der Waals surface area contributed by atoms with Gasteiger partial charge in [-0.05, 0) is 36.4 Å². The molecule has 5 aromatic rings. The Hall–Kier alpha value is -3.87. The number of hydrogen-bond acceptors (Lipinski definition) is 7. The Labute approximate surface area is 219 Å². The van der Waals surface area contributed by atoms with E-state index in [1.54, 1.807) is 36.3 Å². The van der Waals surface area contributed by atoms with Crippen molar-refractivity contribution in [2.24, 2.45) is 7.05 Å². The number of sulfonamides is 1. The van der Waals surface area contributed by atoms with Gasteiger partial charge < -0.3 is 9.88 Å². The van der Waals surface area contributed by atoms with E-state index < -0.39 is 33.0 Å². The maximum absolute atomic E-state index is 15.4. The highest BCUT2D eigenvalue weighted by atomic mass is 35.5. The molecule has 2 N–H and O–H groups in total. The van der Waals surface area contributed by atoms with Crippen LogP contribution in [0, 0.1) is 11.6 Å². The first-order valence-electron chi connectivity index (χ1n) is 10.5. The second-order valence-corrected chi connectivity index (χ2v) is 10.2. The second kappa shape index (κ2) is 9.54. The highest BCUT2D eigenvalue weighted by Gasteiger charge is 2.24. The molecule has 188 valence electrons. The van der Waals surface area contributed by atoms with E-state index in [0.717, 1.165) is 12.1 Å². The van der Waals surface area contributed by atoms with Gasteiger partial charge in [-0.25, -0.2) is 37.1 Å². The zero-order chi connectivity index (χ0) is 26.3. The summed E-state index contributed by atoms with van der Waals surface area (Å²) in [7, 11) is -2.56. The summed E-state index contributed by atoms with van der Waals surface area (Å²) < 4.78 is 59.7. The van der Waals surface area contributed by atoms with Crippen molar-refractivity contribution in [3.8, 4) is 11.4 Å². The number of halogens is 4. The number of rotatable bonds is 6. The van der Waals surface area contributed by atoms with E-state index in [-0.39, 0.29) is 26.3 Å². The van der Waals surface area contributed by atoms with Crippen LogP contribution in [0.5, 0.6) is 0 Å². The van der Waals surface area contributed by atoms with Gasteiger partial charge in [-0.1, -0.05) is 29.3 Å². The first-order valence-corrected chi connectivity index (χ1v) is 12.7. The van der Waals surface area contributed by atoms with Crippen molar-refractivity contribution in [3.63, 3.8) is 0 Å². The molecular formula is C23H15Cl2F2N7O2S. The molecule has 0 radical (unpaired) electrons. The normalized spacial score (nSPS) is 11.6. The van der Waals surface area contributed by atoms with E-state index in [9.17, 15) is 12.8 Å². The molecule has 0 bridgehead atoms. The van der Waals surface area contributed by atoms with Crippen molar-refractivity contribution < 1.29 is 17.2 Å². The van der Waals surface area contributed by atoms with Gasteiger partial charge in [0.05, 0.1) is 33.3 Å². The fourth-order valence-electron chi connectivity index (χ4n) is 3.48. The van der Waals surface area contributed by atoms with Gasteiger partial charge in [0.25, 0.3) is 10.0 Å². The minimum atomic E-state index is -4.36. The van der Waals surface area contributed by atoms with Gasteiger partial charge in [0.2, 0.25) is 0 Å². The monoisotopic (exact) mass is 561 g/mol. The molecule has 2 aromatic carbocycles. The maximum atomic E-state index is 15.4. The highest BCUT2D eigenvalue weighted by Crippen LogP contribution is 2.34. The van der Waals surface area contributed by atoms with E-state index in [2.05, 4.69) is 30.0 Å². The van der Waals surface area contributed by atoms with Gasteiger partial charge in [0.1, 0.15) is 33.9 Å². The number of nitrogens with one attached hydrogen (secondary N) is 2. The standard InChI is InChI=1S/C23H15Cl2F2N7O2S/c1-34-9-17(30-11-34)14-7-8-16-22(31-14)23(29-10-28-16)32-21-13(26)5-6-15(20(21)27)33-37(35,36)18-4-2-3-12(24)19(18)25/h2-11,33H,1H3,(H,28,29,32). The predicted molar refractivity (Wildman–Crippen MR) is 136 cm³/mol. The van der Waals surface area contributed by atoms with E-state index in [1.165, 1.54) is 24.5 Å². The molecular weight excluding hydrogens is 547 g/mol. The maximum Gasteiger partial charge on any atom is 0.263 e. The van der Waals surface area contributed by atoms with Crippen LogP contribution < -0.4 is 10.0 Å². The fourth-order valence-corrected chi connectivity index (χ4v) is 5.30. The first kappa shape index (κ1) is 24.8. The van der Waals surface area contributed by atoms with Gasteiger partial charge in [0.15, 0.2) is 11.6 Å². The minimum Gasteiger partial charge on any atom is -0.340 e. The van der Waals surface area contributed by atoms with E-state index in [4.69, 9.17) is 23.2 Å². The number of aromatic nitrogens is 5. The lowest BCUT2D eigenvalue weighted by Gasteiger charge is -2.15. The van der Waals surface area contributed by atoms with Gasteiger partial charge in [-0.15, -0.1) is 0 Å². The largest absolute Gasteiger partial charge is 0.340 e. The number of aryl methyl sites for hydroxylation is 1. The summed E-state index contributed by atoms with van der Waals surface area (Å²) in [5, 5.41) is 2.35. The van der Waals surface area contributed by atoms with Gasteiger partial charge in [-0.2, -0.15) is 0 Å². The molecule has 0 aliphatic rings. The molecule has 5 rings (SSSR count). The molecule has 0 aliphatic heterocycles. The van der Waals surface area contributed by atoms with Crippen LogP contribution in [0.15, 0.2) is 66.2 Å². The molecule has 0 aliphatic carbocycles. The average molecular weight is 562 g/mol. The summed E-state index contributed by atoms with van der Waals surface area (Å²) in [6.07, 6.45) is 4.57. The molecule has 0 amide bonds. The third-order valence-corrected chi connectivity index (χ3v) is 7.57. The summed E-state index contributed by atoms with van der Waals surface area (Å²) in [6.45, 7) is 0. The van der Waals surface area contributed by atoms with Crippen LogP contribution >= 0.6 is 23.2 Å². The van der Waals surface area contributed by atoms with Crippen molar-refractivity contribution >= 4 is 61.5 Å². The average Bonchev–Trinajstić information content (AvgIpc) is 3.31. The molecule has 0 saturated carbocycles. The molecule has 3 aromatic heterocycles. The molecule has 0 unspecified atom stereocenters. The Morgan fingerprint density at radius 1 is 0.973 bits per heavy atom. The van der Waals surface area contributed by atoms with Crippen LogP contribution in [0.3, 0.4) is 0 Å². The van der Waals surface area contributed by atoms with Gasteiger partial charge in [-0.3, -0.25) is 4.72 Å². The van der Waals surface area contributed by atoms with Gasteiger partial charge in [0, 0.05) is 13.2 Å². The van der Waals surface area contributed by atoms with E-state index >= 15 is 4.39 Å². The summed E-state index contributed by atoms with van der Waals surface area (Å²) in [5.74, 6) is -2.21. The molecule has 9 nitrogen and oxygen atoms in total. The van der Waals surface area contributed by atoms with E-state index in [0.29, 0.717) is 16.9 Å². The van der Waals surface area contributed by atoms with E-state index in [1.807, 2.05) is 0 Å². The molecule has 3 heterocycles. The number of fused-ring (bicyclic) bond motifs is 1. The molecule has 0 atom stereocenters. The number of imidazole rings is 1. The highest BCUT2D eigenvalue weighted by molar-refractivity contribution is 7.92. The summed E-state index contributed by atoms with van der Waals surface area (Å²) in [4.78, 5) is 16.6. The summed E-state index contributed by atoms with van der Waals surface area (Å²) in [6, 6.07) is 9.21. The number of benzene rings is 2. The van der Waals surface area contributed by atoms with Crippen LogP contribution in [0.25, 0.3) is 22.4 Å². The number of hydrogen-bond donors (Lipinski definition) is 2. The Bertz CT molecular complexity index is 1780.